The highest BCUT2D eigenvalue weighted by molar-refractivity contribution is 5.17. The van der Waals surface area contributed by atoms with Crippen molar-refractivity contribution in [1.82, 2.24) is 4.90 Å². The number of nitrogens with zero attached hydrogens (tertiary/aromatic N) is 1. The SMILES string of the molecule is CC1(C)OCC(CCN(Cc2ccccc2)Cc2ccccc2)O1. The molecule has 1 saturated heterocycles. The van der Waals surface area contributed by atoms with E-state index in [0.717, 1.165) is 26.1 Å². The molecule has 1 fully saturated rings. The summed E-state index contributed by atoms with van der Waals surface area (Å²) in [6.07, 6.45) is 1.18. The van der Waals surface area contributed by atoms with Crippen LogP contribution in [0.2, 0.25) is 0 Å². The maximum Gasteiger partial charge on any atom is 0.163 e. The zero-order valence-corrected chi connectivity index (χ0v) is 14.7. The highest BCUT2D eigenvalue weighted by Crippen LogP contribution is 2.24. The van der Waals surface area contributed by atoms with Gasteiger partial charge >= 0.3 is 0 Å². The summed E-state index contributed by atoms with van der Waals surface area (Å²) < 4.78 is 11.6. The van der Waals surface area contributed by atoms with Gasteiger partial charge in [-0.25, -0.2) is 0 Å². The van der Waals surface area contributed by atoms with Crippen LogP contribution in [-0.4, -0.2) is 29.9 Å². The second kappa shape index (κ2) is 7.93. The molecule has 128 valence electrons. The average Bonchev–Trinajstić information content (AvgIpc) is 2.94. The van der Waals surface area contributed by atoms with Crippen LogP contribution in [0.5, 0.6) is 0 Å². The van der Waals surface area contributed by atoms with Crippen molar-refractivity contribution in [2.75, 3.05) is 13.2 Å². The zero-order valence-electron chi connectivity index (χ0n) is 14.7. The topological polar surface area (TPSA) is 21.7 Å². The van der Waals surface area contributed by atoms with Crippen LogP contribution in [0, 0.1) is 0 Å². The van der Waals surface area contributed by atoms with E-state index in [1.165, 1.54) is 11.1 Å². The minimum absolute atomic E-state index is 0.189. The third-order valence-electron chi connectivity index (χ3n) is 4.33. The molecule has 1 unspecified atom stereocenters. The number of hydrogen-bond acceptors (Lipinski definition) is 3. The average molecular weight is 325 g/mol. The van der Waals surface area contributed by atoms with E-state index in [-0.39, 0.29) is 6.10 Å². The van der Waals surface area contributed by atoms with Gasteiger partial charge in [0, 0.05) is 19.6 Å². The van der Waals surface area contributed by atoms with Crippen LogP contribution in [0.4, 0.5) is 0 Å². The molecule has 3 nitrogen and oxygen atoms in total. The maximum atomic E-state index is 5.95. The van der Waals surface area contributed by atoms with Crippen molar-refractivity contribution in [1.29, 1.82) is 0 Å². The molecule has 0 radical (unpaired) electrons. The minimum atomic E-state index is -0.436. The molecule has 1 heterocycles. The van der Waals surface area contributed by atoms with Gasteiger partial charge in [-0.2, -0.15) is 0 Å². The van der Waals surface area contributed by atoms with Crippen LogP contribution in [0.1, 0.15) is 31.4 Å². The van der Waals surface area contributed by atoms with Gasteiger partial charge < -0.3 is 9.47 Å². The lowest BCUT2D eigenvalue weighted by Gasteiger charge is -2.24. The summed E-state index contributed by atoms with van der Waals surface area (Å²) in [5.41, 5.74) is 2.69. The molecular weight excluding hydrogens is 298 g/mol. The van der Waals surface area contributed by atoms with Crippen molar-refractivity contribution >= 4 is 0 Å². The summed E-state index contributed by atoms with van der Waals surface area (Å²) >= 11 is 0. The molecule has 0 aliphatic carbocycles. The Morgan fingerprint density at radius 2 is 1.46 bits per heavy atom. The van der Waals surface area contributed by atoms with Crippen molar-refractivity contribution in [3.63, 3.8) is 0 Å². The molecule has 0 bridgehead atoms. The number of benzene rings is 2. The Hall–Kier alpha value is -1.68. The Morgan fingerprint density at radius 1 is 0.917 bits per heavy atom. The standard InChI is InChI=1S/C21H27NO2/c1-21(2)23-17-20(24-21)13-14-22(15-18-9-5-3-6-10-18)16-19-11-7-4-8-12-19/h3-12,20H,13-17H2,1-2H3. The molecule has 0 aromatic heterocycles. The Labute approximate surface area is 145 Å². The van der Waals surface area contributed by atoms with Crippen LogP contribution >= 0.6 is 0 Å². The number of ether oxygens (including phenoxy) is 2. The van der Waals surface area contributed by atoms with Crippen LogP contribution in [0.15, 0.2) is 60.7 Å². The fraction of sp³-hybridized carbons (Fsp3) is 0.429. The van der Waals surface area contributed by atoms with Crippen molar-refractivity contribution in [2.24, 2.45) is 0 Å². The molecule has 2 aromatic carbocycles. The van der Waals surface area contributed by atoms with Crippen LogP contribution in [0.25, 0.3) is 0 Å². The Morgan fingerprint density at radius 3 is 1.92 bits per heavy atom. The summed E-state index contributed by atoms with van der Waals surface area (Å²) in [7, 11) is 0. The second-order valence-corrected chi connectivity index (χ2v) is 6.92. The predicted molar refractivity (Wildman–Crippen MR) is 96.5 cm³/mol. The highest BCUT2D eigenvalue weighted by atomic mass is 16.7. The first-order valence-electron chi connectivity index (χ1n) is 8.73. The zero-order chi connectivity index (χ0) is 16.8. The molecule has 2 aromatic rings. The van der Waals surface area contributed by atoms with Gasteiger partial charge in [0.05, 0.1) is 12.7 Å². The summed E-state index contributed by atoms with van der Waals surface area (Å²) in [5, 5.41) is 0. The summed E-state index contributed by atoms with van der Waals surface area (Å²) in [6, 6.07) is 21.3. The smallest absolute Gasteiger partial charge is 0.163 e. The lowest BCUT2D eigenvalue weighted by atomic mass is 10.1. The monoisotopic (exact) mass is 325 g/mol. The fourth-order valence-electron chi connectivity index (χ4n) is 3.13. The van der Waals surface area contributed by atoms with E-state index in [1.54, 1.807) is 0 Å². The quantitative estimate of drug-likeness (QED) is 0.760. The number of rotatable bonds is 7. The number of hydrogen-bond donors (Lipinski definition) is 0. The fourth-order valence-corrected chi connectivity index (χ4v) is 3.13. The molecule has 0 amide bonds. The molecule has 24 heavy (non-hydrogen) atoms. The molecule has 0 saturated carbocycles. The summed E-state index contributed by atoms with van der Waals surface area (Å²) in [6.45, 7) is 7.56. The van der Waals surface area contributed by atoms with Gasteiger partial charge in [-0.05, 0) is 31.4 Å². The van der Waals surface area contributed by atoms with E-state index in [9.17, 15) is 0 Å². The van der Waals surface area contributed by atoms with Crippen LogP contribution in [0.3, 0.4) is 0 Å². The largest absolute Gasteiger partial charge is 0.348 e. The molecule has 0 N–H and O–H groups in total. The second-order valence-electron chi connectivity index (χ2n) is 6.92. The van der Waals surface area contributed by atoms with Gasteiger partial charge in [-0.1, -0.05) is 60.7 Å². The van der Waals surface area contributed by atoms with Crippen molar-refractivity contribution in [2.45, 2.75) is 45.2 Å². The van der Waals surface area contributed by atoms with Crippen molar-refractivity contribution in [3.05, 3.63) is 71.8 Å². The van der Waals surface area contributed by atoms with Gasteiger partial charge in [-0.15, -0.1) is 0 Å². The lowest BCUT2D eigenvalue weighted by Crippen LogP contribution is -2.28. The highest BCUT2D eigenvalue weighted by Gasteiger charge is 2.32. The van der Waals surface area contributed by atoms with Gasteiger partial charge in [-0.3, -0.25) is 4.90 Å². The Balaban J connectivity index is 1.61. The van der Waals surface area contributed by atoms with Crippen molar-refractivity contribution in [3.8, 4) is 0 Å². The lowest BCUT2D eigenvalue weighted by molar-refractivity contribution is -0.139. The summed E-state index contributed by atoms with van der Waals surface area (Å²) in [5.74, 6) is -0.436. The van der Waals surface area contributed by atoms with Gasteiger partial charge in [0.15, 0.2) is 5.79 Å². The van der Waals surface area contributed by atoms with E-state index in [1.807, 2.05) is 13.8 Å². The van der Waals surface area contributed by atoms with Gasteiger partial charge in [0.25, 0.3) is 0 Å². The molecule has 3 rings (SSSR count). The van der Waals surface area contributed by atoms with E-state index >= 15 is 0 Å². The van der Waals surface area contributed by atoms with Crippen molar-refractivity contribution < 1.29 is 9.47 Å². The third kappa shape index (κ3) is 5.17. The summed E-state index contributed by atoms with van der Waals surface area (Å²) in [4.78, 5) is 2.49. The maximum absolute atomic E-state index is 5.95. The predicted octanol–water partition coefficient (Wildman–Crippen LogP) is 4.23. The Bertz CT molecular complexity index is 571. The molecule has 1 atom stereocenters. The molecule has 0 spiro atoms. The van der Waals surface area contributed by atoms with E-state index in [0.29, 0.717) is 6.61 Å². The van der Waals surface area contributed by atoms with E-state index in [2.05, 4.69) is 65.6 Å². The molecule has 3 heteroatoms. The third-order valence-corrected chi connectivity index (χ3v) is 4.33. The van der Waals surface area contributed by atoms with Crippen LogP contribution < -0.4 is 0 Å². The van der Waals surface area contributed by atoms with E-state index in [4.69, 9.17) is 9.47 Å². The Kier molecular flexibility index (Phi) is 5.67. The first kappa shape index (κ1) is 17.2. The first-order valence-corrected chi connectivity index (χ1v) is 8.73. The normalized spacial score (nSPS) is 19.7. The minimum Gasteiger partial charge on any atom is -0.348 e. The van der Waals surface area contributed by atoms with Gasteiger partial charge in [0.1, 0.15) is 0 Å². The molecular formula is C21H27NO2. The molecule has 1 aliphatic rings. The first-order chi connectivity index (χ1) is 11.6. The van der Waals surface area contributed by atoms with Gasteiger partial charge in [0.2, 0.25) is 0 Å². The van der Waals surface area contributed by atoms with E-state index < -0.39 is 5.79 Å². The molecule has 1 aliphatic heterocycles. The van der Waals surface area contributed by atoms with Crippen LogP contribution in [-0.2, 0) is 22.6 Å².